The number of hydrogen-bond acceptors (Lipinski definition) is 3. The van der Waals surface area contributed by atoms with Crippen LogP contribution >= 0.6 is 0 Å². The second-order valence-corrected chi connectivity index (χ2v) is 6.52. The molecule has 28 heavy (non-hydrogen) atoms. The molecular formula is C22H21N3O3. The zero-order chi connectivity index (χ0) is 19.5. The molecule has 0 bridgehead atoms. The van der Waals surface area contributed by atoms with Crippen molar-refractivity contribution in [3.05, 3.63) is 88.7 Å². The van der Waals surface area contributed by atoms with Gasteiger partial charge in [0.1, 0.15) is 0 Å². The monoisotopic (exact) mass is 375 g/mol. The minimum atomic E-state index is -0.363. The molecule has 2 aromatic carbocycles. The Bertz CT molecular complexity index is 1170. The maximum Gasteiger partial charge on any atom is 0.338 e. The van der Waals surface area contributed by atoms with Crippen molar-refractivity contribution in [3.8, 4) is 5.69 Å². The summed E-state index contributed by atoms with van der Waals surface area (Å²) in [6.45, 7) is 2.69. The van der Waals surface area contributed by atoms with E-state index in [0.717, 1.165) is 11.9 Å². The molecule has 2 heterocycles. The Morgan fingerprint density at radius 2 is 1.86 bits per heavy atom. The van der Waals surface area contributed by atoms with Crippen LogP contribution in [0.4, 0.5) is 0 Å². The highest BCUT2D eigenvalue weighted by atomic mass is 16.5. The molecule has 0 radical (unpaired) electrons. The molecular weight excluding hydrogens is 354 g/mol. The summed E-state index contributed by atoms with van der Waals surface area (Å²) < 4.78 is 8.25. The fraction of sp³-hybridized carbons (Fsp3) is 0.182. The third kappa shape index (κ3) is 3.36. The fourth-order valence-corrected chi connectivity index (χ4v) is 3.33. The number of benzene rings is 2. The SMILES string of the molecule is CCOC(=O)c1ccc(-n2ccn(CCc3c[nH]c4ccccc34)c2=O)cc1. The van der Waals surface area contributed by atoms with E-state index in [1.54, 1.807) is 52.7 Å². The van der Waals surface area contributed by atoms with E-state index in [-0.39, 0.29) is 11.7 Å². The van der Waals surface area contributed by atoms with Crippen LogP contribution in [0.1, 0.15) is 22.8 Å². The number of aromatic nitrogens is 3. The summed E-state index contributed by atoms with van der Waals surface area (Å²) in [5.41, 5.74) is 3.36. The van der Waals surface area contributed by atoms with Gasteiger partial charge in [0, 0.05) is 36.0 Å². The van der Waals surface area contributed by atoms with Gasteiger partial charge in [0.05, 0.1) is 17.9 Å². The molecule has 1 N–H and O–H groups in total. The van der Waals surface area contributed by atoms with Crippen LogP contribution in [0.25, 0.3) is 16.6 Å². The topological polar surface area (TPSA) is 69.0 Å². The number of carbonyl (C=O) groups excluding carboxylic acids is 1. The van der Waals surface area contributed by atoms with Crippen molar-refractivity contribution in [3.63, 3.8) is 0 Å². The van der Waals surface area contributed by atoms with Gasteiger partial charge in [-0.05, 0) is 49.2 Å². The van der Waals surface area contributed by atoms with Crippen molar-refractivity contribution in [2.45, 2.75) is 19.9 Å². The van der Waals surface area contributed by atoms with E-state index < -0.39 is 0 Å². The van der Waals surface area contributed by atoms with Gasteiger partial charge in [-0.1, -0.05) is 18.2 Å². The molecule has 0 aliphatic rings. The third-order valence-electron chi connectivity index (χ3n) is 4.80. The lowest BCUT2D eigenvalue weighted by Gasteiger charge is -2.05. The zero-order valence-electron chi connectivity index (χ0n) is 15.6. The van der Waals surface area contributed by atoms with Gasteiger partial charge in [0.15, 0.2) is 0 Å². The van der Waals surface area contributed by atoms with Gasteiger partial charge >= 0.3 is 11.7 Å². The van der Waals surface area contributed by atoms with Crippen LogP contribution in [0.3, 0.4) is 0 Å². The summed E-state index contributed by atoms with van der Waals surface area (Å²) in [4.78, 5) is 27.8. The molecule has 0 unspecified atom stereocenters. The quantitative estimate of drug-likeness (QED) is 0.524. The molecule has 6 nitrogen and oxygen atoms in total. The number of imidazole rings is 1. The summed E-state index contributed by atoms with van der Waals surface area (Å²) >= 11 is 0. The first-order valence-corrected chi connectivity index (χ1v) is 9.27. The Morgan fingerprint density at radius 1 is 1.07 bits per heavy atom. The second-order valence-electron chi connectivity index (χ2n) is 6.52. The first kappa shape index (κ1) is 17.9. The van der Waals surface area contributed by atoms with Crippen molar-refractivity contribution >= 4 is 16.9 Å². The number of carbonyl (C=O) groups is 1. The molecule has 0 fully saturated rings. The Balaban J connectivity index is 1.51. The van der Waals surface area contributed by atoms with E-state index in [9.17, 15) is 9.59 Å². The van der Waals surface area contributed by atoms with Crippen LogP contribution in [-0.4, -0.2) is 26.7 Å². The Hall–Kier alpha value is -3.54. The number of esters is 1. The summed E-state index contributed by atoms with van der Waals surface area (Å²) in [6.07, 6.45) is 6.30. The molecule has 0 aliphatic heterocycles. The van der Waals surface area contributed by atoms with Gasteiger partial charge in [-0.25, -0.2) is 9.59 Å². The van der Waals surface area contributed by atoms with E-state index in [4.69, 9.17) is 4.74 Å². The largest absolute Gasteiger partial charge is 0.462 e. The van der Waals surface area contributed by atoms with Gasteiger partial charge < -0.3 is 9.72 Å². The van der Waals surface area contributed by atoms with Crippen LogP contribution in [0, 0.1) is 0 Å². The summed E-state index contributed by atoms with van der Waals surface area (Å²) in [5.74, 6) is -0.363. The maximum atomic E-state index is 12.7. The predicted molar refractivity (Wildman–Crippen MR) is 108 cm³/mol. The zero-order valence-corrected chi connectivity index (χ0v) is 15.6. The first-order chi connectivity index (χ1) is 13.7. The Morgan fingerprint density at radius 3 is 2.64 bits per heavy atom. The minimum Gasteiger partial charge on any atom is -0.462 e. The van der Waals surface area contributed by atoms with E-state index in [0.29, 0.717) is 24.4 Å². The van der Waals surface area contributed by atoms with Crippen LogP contribution in [0.5, 0.6) is 0 Å². The van der Waals surface area contributed by atoms with Crippen LogP contribution < -0.4 is 5.69 Å². The average Bonchev–Trinajstić information content (AvgIpc) is 3.30. The summed E-state index contributed by atoms with van der Waals surface area (Å²) in [6, 6.07) is 15.0. The van der Waals surface area contributed by atoms with Gasteiger partial charge in [0.2, 0.25) is 0 Å². The molecule has 6 heteroatoms. The van der Waals surface area contributed by atoms with Crippen molar-refractivity contribution in [2.24, 2.45) is 0 Å². The highest BCUT2D eigenvalue weighted by molar-refractivity contribution is 5.89. The highest BCUT2D eigenvalue weighted by Crippen LogP contribution is 2.18. The summed E-state index contributed by atoms with van der Waals surface area (Å²) in [7, 11) is 0. The van der Waals surface area contributed by atoms with Crippen LogP contribution in [0.2, 0.25) is 0 Å². The molecule has 2 aromatic heterocycles. The molecule has 4 aromatic rings. The minimum absolute atomic E-state index is 0.108. The molecule has 0 amide bonds. The van der Waals surface area contributed by atoms with Gasteiger partial charge in [-0.3, -0.25) is 9.13 Å². The second kappa shape index (κ2) is 7.60. The summed E-state index contributed by atoms with van der Waals surface area (Å²) in [5, 5.41) is 1.18. The lowest BCUT2D eigenvalue weighted by Crippen LogP contribution is -2.23. The first-order valence-electron chi connectivity index (χ1n) is 9.27. The normalized spacial score (nSPS) is 11.0. The molecule has 0 spiro atoms. The number of nitrogens with one attached hydrogen (secondary N) is 1. The van der Waals surface area contributed by atoms with Crippen LogP contribution in [0.15, 0.2) is 71.9 Å². The number of aromatic amines is 1. The molecule has 142 valence electrons. The van der Waals surface area contributed by atoms with Crippen molar-refractivity contribution in [1.29, 1.82) is 0 Å². The molecule has 0 saturated carbocycles. The van der Waals surface area contributed by atoms with Gasteiger partial charge in [-0.2, -0.15) is 0 Å². The van der Waals surface area contributed by atoms with E-state index in [2.05, 4.69) is 11.1 Å². The van der Waals surface area contributed by atoms with Crippen molar-refractivity contribution < 1.29 is 9.53 Å². The number of aryl methyl sites for hydroxylation is 2. The Labute approximate surface area is 162 Å². The number of ether oxygens (including phenoxy) is 1. The number of hydrogen-bond donors (Lipinski definition) is 1. The molecule has 0 atom stereocenters. The standard InChI is InChI=1S/C22H21N3O3/c1-2-28-21(26)16-7-9-18(10-8-16)25-14-13-24(22(25)27)12-11-17-15-23-20-6-4-3-5-19(17)20/h3-10,13-15,23H,2,11-12H2,1H3. The fourth-order valence-electron chi connectivity index (χ4n) is 3.33. The number of para-hydroxylation sites is 1. The van der Waals surface area contributed by atoms with Crippen LogP contribution in [-0.2, 0) is 17.7 Å². The lowest BCUT2D eigenvalue weighted by atomic mass is 10.1. The Kier molecular flexibility index (Phi) is 4.85. The van der Waals surface area contributed by atoms with E-state index in [1.807, 2.05) is 24.4 Å². The molecule has 0 aliphatic carbocycles. The number of fused-ring (bicyclic) bond motifs is 1. The number of nitrogens with zero attached hydrogens (tertiary/aromatic N) is 2. The molecule has 4 rings (SSSR count). The third-order valence-corrected chi connectivity index (χ3v) is 4.80. The van der Waals surface area contributed by atoms with E-state index >= 15 is 0 Å². The van der Waals surface area contributed by atoms with E-state index in [1.165, 1.54) is 10.9 Å². The number of rotatable bonds is 6. The average molecular weight is 375 g/mol. The van der Waals surface area contributed by atoms with Gasteiger partial charge in [-0.15, -0.1) is 0 Å². The number of H-pyrrole nitrogens is 1. The lowest BCUT2D eigenvalue weighted by molar-refractivity contribution is 0.0526. The molecule has 0 saturated heterocycles. The highest BCUT2D eigenvalue weighted by Gasteiger charge is 2.10. The van der Waals surface area contributed by atoms with Gasteiger partial charge in [0.25, 0.3) is 0 Å². The van der Waals surface area contributed by atoms with Crippen molar-refractivity contribution in [1.82, 2.24) is 14.1 Å². The smallest absolute Gasteiger partial charge is 0.338 e. The maximum absolute atomic E-state index is 12.7. The van der Waals surface area contributed by atoms with Crippen molar-refractivity contribution in [2.75, 3.05) is 6.61 Å². The predicted octanol–water partition coefficient (Wildman–Crippen LogP) is 3.54.